The number of hydrogen-bond donors (Lipinski definition) is 0. The first-order chi connectivity index (χ1) is 6.76. The molecule has 0 aliphatic heterocycles. The van der Waals surface area contributed by atoms with E-state index in [9.17, 15) is 0 Å². The van der Waals surface area contributed by atoms with Crippen molar-refractivity contribution in [3.8, 4) is 6.07 Å². The molecule has 4 heteroatoms. The number of benzene rings is 1. The van der Waals surface area contributed by atoms with Crippen LogP contribution in [-0.4, -0.2) is 0 Å². The van der Waals surface area contributed by atoms with E-state index in [-0.39, 0.29) is 0 Å². The summed E-state index contributed by atoms with van der Waals surface area (Å²) in [7, 11) is 0. The molecule has 2 aromatic rings. The Hall–Kier alpha value is -0.750. The molecule has 0 saturated heterocycles. The maximum absolute atomic E-state index is 8.85. The van der Waals surface area contributed by atoms with Crippen LogP contribution < -0.4 is 0 Å². The smallest absolute Gasteiger partial charge is 0.101 e. The largest absolute Gasteiger partial charge is 0.192 e. The molecule has 1 aromatic carbocycles. The molecule has 1 aromatic heterocycles. The minimum absolute atomic E-state index is 0.371. The van der Waals surface area contributed by atoms with Crippen molar-refractivity contribution in [3.05, 3.63) is 33.7 Å². The Morgan fingerprint density at radius 2 is 2.21 bits per heavy atom. The molecule has 0 unspecified atom stereocenters. The topological polar surface area (TPSA) is 23.8 Å². The Morgan fingerprint density at radius 3 is 2.86 bits per heavy atom. The van der Waals surface area contributed by atoms with Gasteiger partial charge in [0.1, 0.15) is 6.07 Å². The number of fused-ring (bicyclic) bond motifs is 1. The fourth-order valence-electron chi connectivity index (χ4n) is 1.28. The quantitative estimate of drug-likeness (QED) is 0.688. The minimum atomic E-state index is 0.371. The van der Waals surface area contributed by atoms with Crippen molar-refractivity contribution in [3.63, 3.8) is 0 Å². The molecule has 0 spiro atoms. The molecule has 14 heavy (non-hydrogen) atoms. The monoisotopic (exact) mass is 241 g/mol. The Kier molecular flexibility index (Phi) is 2.64. The van der Waals surface area contributed by atoms with Crippen molar-refractivity contribution in [2.75, 3.05) is 0 Å². The Morgan fingerprint density at radius 1 is 1.43 bits per heavy atom. The van der Waals surface area contributed by atoms with Crippen LogP contribution in [-0.2, 0) is 5.88 Å². The number of nitrogens with zero attached hydrogens (tertiary/aromatic N) is 1. The van der Waals surface area contributed by atoms with Crippen LogP contribution in [0.5, 0.6) is 0 Å². The van der Waals surface area contributed by atoms with Gasteiger partial charge in [-0.05, 0) is 17.7 Å². The van der Waals surface area contributed by atoms with Gasteiger partial charge in [0, 0.05) is 26.4 Å². The lowest BCUT2D eigenvalue weighted by Crippen LogP contribution is -1.80. The van der Waals surface area contributed by atoms with Gasteiger partial charge in [-0.2, -0.15) is 5.26 Å². The van der Waals surface area contributed by atoms with Gasteiger partial charge >= 0.3 is 0 Å². The van der Waals surface area contributed by atoms with E-state index in [1.54, 1.807) is 0 Å². The summed E-state index contributed by atoms with van der Waals surface area (Å²) in [5.41, 5.74) is 1.56. The van der Waals surface area contributed by atoms with Crippen LogP contribution in [0, 0.1) is 11.3 Å². The van der Waals surface area contributed by atoms with Gasteiger partial charge in [-0.3, -0.25) is 0 Å². The maximum Gasteiger partial charge on any atom is 0.101 e. The second-order valence-electron chi connectivity index (χ2n) is 2.83. The predicted molar refractivity (Wildman–Crippen MR) is 61.1 cm³/mol. The zero-order valence-electron chi connectivity index (χ0n) is 7.05. The molecule has 0 saturated carbocycles. The second-order valence-corrected chi connectivity index (χ2v) is 4.42. The summed E-state index contributed by atoms with van der Waals surface area (Å²) in [5, 5.41) is 12.3. The van der Waals surface area contributed by atoms with E-state index >= 15 is 0 Å². The molecular formula is C10H5Cl2NS. The number of alkyl halides is 1. The highest BCUT2D eigenvalue weighted by Crippen LogP contribution is 2.31. The number of halogens is 2. The molecule has 0 atom stereocenters. The summed E-state index contributed by atoms with van der Waals surface area (Å²) < 4.78 is 1.03. The van der Waals surface area contributed by atoms with Crippen LogP contribution in [0.25, 0.3) is 10.1 Å². The van der Waals surface area contributed by atoms with Gasteiger partial charge in [-0.25, -0.2) is 0 Å². The van der Waals surface area contributed by atoms with Crippen LogP contribution in [0.1, 0.15) is 11.1 Å². The fourth-order valence-corrected chi connectivity index (χ4v) is 2.77. The number of nitriles is 1. The average Bonchev–Trinajstić information content (AvgIpc) is 2.58. The SMILES string of the molecule is N#Cc1csc2cc(Cl)c(CCl)cc12. The lowest BCUT2D eigenvalue weighted by molar-refractivity contribution is 1.43. The summed E-state index contributed by atoms with van der Waals surface area (Å²) in [6.07, 6.45) is 0. The van der Waals surface area contributed by atoms with E-state index in [1.165, 1.54) is 11.3 Å². The van der Waals surface area contributed by atoms with E-state index in [4.69, 9.17) is 28.5 Å². The normalized spacial score (nSPS) is 10.4. The predicted octanol–water partition coefficient (Wildman–Crippen LogP) is 4.17. The van der Waals surface area contributed by atoms with Crippen molar-refractivity contribution in [1.82, 2.24) is 0 Å². The van der Waals surface area contributed by atoms with E-state index in [2.05, 4.69) is 6.07 Å². The summed E-state index contributed by atoms with van der Waals surface area (Å²) in [4.78, 5) is 0. The first kappa shape index (κ1) is 9.79. The first-order valence-electron chi connectivity index (χ1n) is 3.92. The lowest BCUT2D eigenvalue weighted by Gasteiger charge is -1.99. The van der Waals surface area contributed by atoms with Crippen molar-refractivity contribution in [1.29, 1.82) is 5.26 Å². The maximum atomic E-state index is 8.85. The molecule has 0 aliphatic carbocycles. The van der Waals surface area contributed by atoms with Gasteiger partial charge in [0.05, 0.1) is 5.56 Å². The molecule has 0 radical (unpaired) electrons. The van der Waals surface area contributed by atoms with Crippen LogP contribution >= 0.6 is 34.5 Å². The molecule has 0 bridgehead atoms. The van der Waals surface area contributed by atoms with Crippen LogP contribution in [0.15, 0.2) is 17.5 Å². The highest BCUT2D eigenvalue weighted by molar-refractivity contribution is 7.17. The molecule has 70 valence electrons. The number of rotatable bonds is 1. The summed E-state index contributed by atoms with van der Waals surface area (Å²) in [6.45, 7) is 0. The molecule has 1 heterocycles. The van der Waals surface area contributed by atoms with Gasteiger partial charge in [-0.1, -0.05) is 11.6 Å². The van der Waals surface area contributed by atoms with Crippen LogP contribution in [0.4, 0.5) is 0 Å². The fraction of sp³-hybridized carbons (Fsp3) is 0.100. The van der Waals surface area contributed by atoms with Crippen molar-refractivity contribution in [2.45, 2.75) is 5.88 Å². The molecule has 2 rings (SSSR count). The van der Waals surface area contributed by atoms with Gasteiger partial charge in [-0.15, -0.1) is 22.9 Å². The summed E-state index contributed by atoms with van der Waals surface area (Å²) in [6, 6.07) is 5.89. The Bertz CT molecular complexity index is 525. The lowest BCUT2D eigenvalue weighted by atomic mass is 10.1. The number of hydrogen-bond acceptors (Lipinski definition) is 2. The average molecular weight is 242 g/mol. The zero-order valence-corrected chi connectivity index (χ0v) is 9.38. The van der Waals surface area contributed by atoms with Gasteiger partial charge in [0.2, 0.25) is 0 Å². The van der Waals surface area contributed by atoms with Crippen LogP contribution in [0.2, 0.25) is 5.02 Å². The Balaban J connectivity index is 2.78. The van der Waals surface area contributed by atoms with Crippen LogP contribution in [0.3, 0.4) is 0 Å². The first-order valence-corrected chi connectivity index (χ1v) is 5.71. The zero-order chi connectivity index (χ0) is 10.1. The number of thiophene rings is 1. The van der Waals surface area contributed by atoms with Crippen molar-refractivity contribution in [2.24, 2.45) is 0 Å². The third-order valence-electron chi connectivity index (χ3n) is 2.01. The highest BCUT2D eigenvalue weighted by Gasteiger charge is 2.07. The molecule has 0 amide bonds. The second kappa shape index (κ2) is 3.78. The third-order valence-corrected chi connectivity index (χ3v) is 3.59. The highest BCUT2D eigenvalue weighted by atomic mass is 35.5. The molecule has 0 fully saturated rings. The molecule has 0 N–H and O–H groups in total. The van der Waals surface area contributed by atoms with Crippen molar-refractivity contribution >= 4 is 44.6 Å². The third kappa shape index (κ3) is 1.48. The summed E-state index contributed by atoms with van der Waals surface area (Å²) >= 11 is 13.2. The van der Waals surface area contributed by atoms with Gasteiger partial charge in [0.15, 0.2) is 0 Å². The minimum Gasteiger partial charge on any atom is -0.192 e. The van der Waals surface area contributed by atoms with E-state index in [0.29, 0.717) is 16.5 Å². The van der Waals surface area contributed by atoms with E-state index in [0.717, 1.165) is 15.6 Å². The van der Waals surface area contributed by atoms with Gasteiger partial charge in [0.25, 0.3) is 0 Å². The van der Waals surface area contributed by atoms with E-state index in [1.807, 2.05) is 17.5 Å². The van der Waals surface area contributed by atoms with Gasteiger partial charge < -0.3 is 0 Å². The van der Waals surface area contributed by atoms with Crippen molar-refractivity contribution < 1.29 is 0 Å². The molecule has 1 nitrogen and oxygen atoms in total. The molecular weight excluding hydrogens is 237 g/mol. The van der Waals surface area contributed by atoms with E-state index < -0.39 is 0 Å². The summed E-state index contributed by atoms with van der Waals surface area (Å²) in [5.74, 6) is 0.371. The Labute approximate surface area is 95.5 Å². The molecule has 0 aliphatic rings. The standard InChI is InChI=1S/C10H5Cl2NS/c11-3-6-1-8-7(4-13)5-14-10(8)2-9(6)12/h1-2,5H,3H2.